The largest absolute Gasteiger partial charge is 0.497 e. The molecule has 1 aromatic carbocycles. The first-order valence-corrected chi connectivity index (χ1v) is 5.14. The van der Waals surface area contributed by atoms with Gasteiger partial charge in [0.15, 0.2) is 0 Å². The number of hydrogen-bond donors (Lipinski definition) is 2. The van der Waals surface area contributed by atoms with Crippen LogP contribution >= 0.6 is 0 Å². The number of nitrogens with two attached hydrogens (primary N) is 1. The maximum Gasteiger partial charge on any atom is 0.220 e. The van der Waals surface area contributed by atoms with Crippen molar-refractivity contribution < 1.29 is 14.6 Å². The third-order valence-electron chi connectivity index (χ3n) is 2.77. The summed E-state index contributed by atoms with van der Waals surface area (Å²) in [7, 11) is 1.57. The van der Waals surface area contributed by atoms with Crippen LogP contribution in [0, 0.1) is 5.92 Å². The molecule has 0 saturated heterocycles. The second kappa shape index (κ2) is 5.51. The summed E-state index contributed by atoms with van der Waals surface area (Å²) in [5.74, 6) is -0.404. The molecule has 4 heteroatoms. The highest BCUT2D eigenvalue weighted by Gasteiger charge is 2.23. The van der Waals surface area contributed by atoms with Crippen LogP contribution in [0.4, 0.5) is 0 Å². The van der Waals surface area contributed by atoms with Crippen LogP contribution < -0.4 is 10.5 Å². The van der Waals surface area contributed by atoms with E-state index in [0.29, 0.717) is 5.75 Å². The molecule has 3 N–H and O–H groups in total. The van der Waals surface area contributed by atoms with Crippen molar-refractivity contribution in [3.8, 4) is 5.75 Å². The van der Waals surface area contributed by atoms with E-state index in [2.05, 4.69) is 0 Å². The SMILES string of the molecule is COc1cccc([C@@H](CO)C(C)C(N)=O)c1. The highest BCUT2D eigenvalue weighted by atomic mass is 16.5. The summed E-state index contributed by atoms with van der Waals surface area (Å²) in [6.07, 6.45) is 0. The van der Waals surface area contributed by atoms with Crippen LogP contribution in [0.25, 0.3) is 0 Å². The number of hydrogen-bond acceptors (Lipinski definition) is 3. The Kier molecular flexibility index (Phi) is 4.31. The smallest absolute Gasteiger partial charge is 0.220 e. The third kappa shape index (κ3) is 2.73. The minimum absolute atomic E-state index is 0.114. The van der Waals surface area contributed by atoms with Gasteiger partial charge in [-0.2, -0.15) is 0 Å². The summed E-state index contributed by atoms with van der Waals surface area (Å²) in [5.41, 5.74) is 6.09. The Morgan fingerprint density at radius 1 is 1.56 bits per heavy atom. The maximum atomic E-state index is 11.1. The molecule has 0 radical (unpaired) electrons. The van der Waals surface area contributed by atoms with Gasteiger partial charge < -0.3 is 15.6 Å². The Morgan fingerprint density at radius 3 is 2.75 bits per heavy atom. The molecule has 16 heavy (non-hydrogen) atoms. The molecule has 1 amide bonds. The van der Waals surface area contributed by atoms with Gasteiger partial charge in [-0.1, -0.05) is 19.1 Å². The third-order valence-corrected chi connectivity index (χ3v) is 2.77. The molecule has 1 unspecified atom stereocenters. The molecule has 4 nitrogen and oxygen atoms in total. The lowest BCUT2D eigenvalue weighted by Crippen LogP contribution is -2.28. The van der Waals surface area contributed by atoms with Crippen molar-refractivity contribution in [1.29, 1.82) is 0 Å². The second-order valence-electron chi connectivity index (χ2n) is 3.76. The molecule has 0 spiro atoms. The number of carbonyl (C=O) groups is 1. The average Bonchev–Trinajstić information content (AvgIpc) is 2.30. The van der Waals surface area contributed by atoms with Crippen molar-refractivity contribution in [1.82, 2.24) is 0 Å². The zero-order valence-corrected chi connectivity index (χ0v) is 9.51. The van der Waals surface area contributed by atoms with E-state index in [0.717, 1.165) is 5.56 Å². The van der Waals surface area contributed by atoms with Gasteiger partial charge in [-0.05, 0) is 17.7 Å². The normalized spacial score (nSPS) is 14.2. The van der Waals surface area contributed by atoms with Gasteiger partial charge in [0.05, 0.1) is 13.7 Å². The lowest BCUT2D eigenvalue weighted by atomic mass is 9.87. The van der Waals surface area contributed by atoms with E-state index in [4.69, 9.17) is 10.5 Å². The van der Waals surface area contributed by atoms with Crippen molar-refractivity contribution in [2.24, 2.45) is 11.7 Å². The first-order chi connectivity index (χ1) is 7.60. The van der Waals surface area contributed by atoms with Gasteiger partial charge in [-0.25, -0.2) is 0 Å². The molecule has 0 saturated carbocycles. The predicted octanol–water partition coefficient (Wildman–Crippen LogP) is 0.892. The van der Waals surface area contributed by atoms with Crippen LogP contribution in [0.15, 0.2) is 24.3 Å². The van der Waals surface area contributed by atoms with Crippen LogP contribution in [0.5, 0.6) is 5.75 Å². The van der Waals surface area contributed by atoms with Crippen LogP contribution in [-0.4, -0.2) is 24.7 Å². The van der Waals surface area contributed by atoms with Gasteiger partial charge in [0.25, 0.3) is 0 Å². The lowest BCUT2D eigenvalue weighted by molar-refractivity contribution is -0.122. The average molecular weight is 223 g/mol. The first kappa shape index (κ1) is 12.5. The van der Waals surface area contributed by atoms with Gasteiger partial charge in [0.2, 0.25) is 5.91 Å². The highest BCUT2D eigenvalue weighted by Crippen LogP contribution is 2.26. The molecule has 0 fully saturated rings. The molecule has 2 atom stereocenters. The van der Waals surface area contributed by atoms with E-state index < -0.39 is 11.8 Å². The zero-order chi connectivity index (χ0) is 12.1. The number of benzene rings is 1. The Hall–Kier alpha value is -1.55. The summed E-state index contributed by atoms with van der Waals surface area (Å²) >= 11 is 0. The van der Waals surface area contributed by atoms with Crippen molar-refractivity contribution in [3.05, 3.63) is 29.8 Å². The summed E-state index contributed by atoms with van der Waals surface area (Å²) in [5, 5.41) is 9.31. The molecule has 1 rings (SSSR count). The molecular formula is C12H17NO3. The number of rotatable bonds is 5. The van der Waals surface area contributed by atoms with E-state index in [-0.39, 0.29) is 12.5 Å². The second-order valence-corrected chi connectivity index (χ2v) is 3.76. The molecule has 0 aromatic heterocycles. The number of amides is 1. The number of ether oxygens (including phenoxy) is 1. The molecule has 0 aliphatic carbocycles. The number of primary amides is 1. The molecule has 88 valence electrons. The fourth-order valence-electron chi connectivity index (χ4n) is 1.62. The van der Waals surface area contributed by atoms with Gasteiger partial charge in [0, 0.05) is 11.8 Å². The number of aliphatic hydroxyl groups is 1. The number of aliphatic hydroxyl groups excluding tert-OH is 1. The first-order valence-electron chi connectivity index (χ1n) is 5.14. The molecule has 0 heterocycles. The Balaban J connectivity index is 2.98. The summed E-state index contributed by atoms with van der Waals surface area (Å²) in [4.78, 5) is 11.1. The van der Waals surface area contributed by atoms with E-state index in [9.17, 15) is 9.90 Å². The standard InChI is InChI=1S/C12H17NO3/c1-8(12(13)15)11(7-14)9-4-3-5-10(6-9)16-2/h3-6,8,11,14H,7H2,1-2H3,(H2,13,15)/t8?,11-/m0/s1. The summed E-state index contributed by atoms with van der Waals surface area (Å²) < 4.78 is 5.09. The molecule has 0 aliphatic rings. The van der Waals surface area contributed by atoms with Crippen LogP contribution in [0.3, 0.4) is 0 Å². The number of carbonyl (C=O) groups excluding carboxylic acids is 1. The Bertz CT molecular complexity index is 365. The summed E-state index contributed by atoms with van der Waals surface area (Å²) in [6, 6.07) is 7.29. The topological polar surface area (TPSA) is 72.6 Å². The molecule has 0 aliphatic heterocycles. The monoisotopic (exact) mass is 223 g/mol. The van der Waals surface area contributed by atoms with Crippen molar-refractivity contribution in [2.45, 2.75) is 12.8 Å². The minimum atomic E-state index is -0.415. The van der Waals surface area contributed by atoms with E-state index in [1.54, 1.807) is 20.1 Å². The van der Waals surface area contributed by atoms with Crippen LogP contribution in [-0.2, 0) is 4.79 Å². The van der Waals surface area contributed by atoms with Crippen molar-refractivity contribution in [2.75, 3.05) is 13.7 Å². The minimum Gasteiger partial charge on any atom is -0.497 e. The van der Waals surface area contributed by atoms with Gasteiger partial charge in [-0.3, -0.25) is 4.79 Å². The van der Waals surface area contributed by atoms with E-state index in [1.165, 1.54) is 0 Å². The fraction of sp³-hybridized carbons (Fsp3) is 0.417. The molecule has 0 bridgehead atoms. The Labute approximate surface area is 95.0 Å². The van der Waals surface area contributed by atoms with Crippen LogP contribution in [0.2, 0.25) is 0 Å². The van der Waals surface area contributed by atoms with E-state index >= 15 is 0 Å². The van der Waals surface area contributed by atoms with Gasteiger partial charge in [-0.15, -0.1) is 0 Å². The lowest BCUT2D eigenvalue weighted by Gasteiger charge is -2.20. The fourth-order valence-corrected chi connectivity index (χ4v) is 1.62. The zero-order valence-electron chi connectivity index (χ0n) is 9.51. The van der Waals surface area contributed by atoms with E-state index in [1.807, 2.05) is 18.2 Å². The quantitative estimate of drug-likeness (QED) is 0.778. The highest BCUT2D eigenvalue weighted by molar-refractivity contribution is 5.77. The molecule has 1 aromatic rings. The molecular weight excluding hydrogens is 206 g/mol. The Morgan fingerprint density at radius 2 is 2.25 bits per heavy atom. The maximum absolute atomic E-state index is 11.1. The number of methoxy groups -OCH3 is 1. The van der Waals surface area contributed by atoms with Gasteiger partial charge in [0.1, 0.15) is 5.75 Å². The van der Waals surface area contributed by atoms with Crippen molar-refractivity contribution in [3.63, 3.8) is 0 Å². The predicted molar refractivity (Wildman–Crippen MR) is 61.2 cm³/mol. The summed E-state index contributed by atoms with van der Waals surface area (Å²) in [6.45, 7) is 1.60. The van der Waals surface area contributed by atoms with Crippen molar-refractivity contribution >= 4 is 5.91 Å². The van der Waals surface area contributed by atoms with Crippen LogP contribution in [0.1, 0.15) is 18.4 Å². The van der Waals surface area contributed by atoms with Gasteiger partial charge >= 0.3 is 0 Å².